The molecule has 0 bridgehead atoms. The first kappa shape index (κ1) is 21.6. The van der Waals surface area contributed by atoms with Crippen molar-refractivity contribution in [1.29, 1.82) is 0 Å². The van der Waals surface area contributed by atoms with E-state index in [1.807, 2.05) is 42.1 Å². The number of esters is 1. The van der Waals surface area contributed by atoms with Gasteiger partial charge >= 0.3 is 5.97 Å². The molecule has 2 aliphatic heterocycles. The van der Waals surface area contributed by atoms with Gasteiger partial charge in [-0.25, -0.2) is 9.97 Å². The quantitative estimate of drug-likeness (QED) is 0.661. The van der Waals surface area contributed by atoms with Crippen LogP contribution in [0.3, 0.4) is 0 Å². The number of piperidine rings is 1. The molecular weight excluding hydrogens is 412 g/mol. The number of nitrogens with zero attached hydrogens (tertiary/aromatic N) is 4. The molecule has 4 rings (SSSR count). The van der Waals surface area contributed by atoms with Crippen molar-refractivity contribution in [1.82, 2.24) is 14.9 Å². The van der Waals surface area contributed by atoms with Crippen molar-refractivity contribution in [2.75, 3.05) is 49.2 Å². The summed E-state index contributed by atoms with van der Waals surface area (Å²) in [7, 11) is 0. The van der Waals surface area contributed by atoms with Crippen LogP contribution >= 0.6 is 11.8 Å². The average molecular weight is 441 g/mol. The standard InChI is InChI=1S/C23H28N4O3S/c1-2-30-23(29)18-9-6-10-27(16-18)22(28)19-15-24-20(17-7-4-3-5-8-17)25-21(19)26-11-13-31-14-12-26/h3-5,7-8,15,18H,2,6,9-14,16H2,1H3/t18-/m0/s1. The lowest BCUT2D eigenvalue weighted by molar-refractivity contribution is -0.149. The number of anilines is 1. The van der Waals surface area contributed by atoms with Gasteiger partial charge in [0.2, 0.25) is 0 Å². The molecule has 1 atom stereocenters. The van der Waals surface area contributed by atoms with Crippen LogP contribution in [0.1, 0.15) is 30.1 Å². The molecule has 0 radical (unpaired) electrons. The summed E-state index contributed by atoms with van der Waals surface area (Å²) in [5.41, 5.74) is 1.44. The second-order valence-corrected chi connectivity index (χ2v) is 8.96. The Morgan fingerprint density at radius 1 is 1.16 bits per heavy atom. The number of likely N-dealkylation sites (tertiary alicyclic amines) is 1. The van der Waals surface area contributed by atoms with Gasteiger partial charge in [-0.05, 0) is 19.8 Å². The number of ether oxygens (including phenoxy) is 1. The summed E-state index contributed by atoms with van der Waals surface area (Å²) in [6, 6.07) is 9.82. The highest BCUT2D eigenvalue weighted by Gasteiger charge is 2.32. The van der Waals surface area contributed by atoms with E-state index in [9.17, 15) is 9.59 Å². The number of rotatable bonds is 5. The van der Waals surface area contributed by atoms with Gasteiger partial charge in [0.05, 0.1) is 12.5 Å². The monoisotopic (exact) mass is 440 g/mol. The minimum Gasteiger partial charge on any atom is -0.466 e. The molecule has 2 aromatic rings. The highest BCUT2D eigenvalue weighted by Crippen LogP contribution is 2.27. The lowest BCUT2D eigenvalue weighted by Crippen LogP contribution is -2.44. The Labute approximate surface area is 187 Å². The van der Waals surface area contributed by atoms with E-state index in [4.69, 9.17) is 9.72 Å². The summed E-state index contributed by atoms with van der Waals surface area (Å²) < 4.78 is 5.19. The number of aromatic nitrogens is 2. The predicted molar refractivity (Wildman–Crippen MR) is 122 cm³/mol. The molecule has 0 unspecified atom stereocenters. The molecule has 0 aliphatic carbocycles. The van der Waals surface area contributed by atoms with Gasteiger partial charge in [-0.3, -0.25) is 9.59 Å². The number of carbonyl (C=O) groups is 2. The molecule has 164 valence electrons. The van der Waals surface area contributed by atoms with Crippen LogP contribution in [-0.4, -0.2) is 71.0 Å². The summed E-state index contributed by atoms with van der Waals surface area (Å²) in [5, 5.41) is 0. The average Bonchev–Trinajstić information content (AvgIpc) is 2.84. The molecule has 1 amide bonds. The molecular formula is C23H28N4O3S. The van der Waals surface area contributed by atoms with Crippen LogP contribution in [0, 0.1) is 5.92 Å². The van der Waals surface area contributed by atoms with Crippen molar-refractivity contribution < 1.29 is 14.3 Å². The molecule has 1 aromatic heterocycles. The Kier molecular flexibility index (Phi) is 7.06. The Bertz CT molecular complexity index is 918. The summed E-state index contributed by atoms with van der Waals surface area (Å²) in [4.78, 5) is 39.0. The van der Waals surface area contributed by atoms with E-state index >= 15 is 0 Å². The number of benzene rings is 1. The molecule has 2 aliphatic rings. The minimum absolute atomic E-state index is 0.109. The Morgan fingerprint density at radius 2 is 1.94 bits per heavy atom. The maximum atomic E-state index is 13.5. The zero-order valence-corrected chi connectivity index (χ0v) is 18.6. The molecule has 3 heterocycles. The summed E-state index contributed by atoms with van der Waals surface area (Å²) in [5.74, 6) is 2.73. The third-order valence-corrected chi connectivity index (χ3v) is 6.61. The zero-order chi connectivity index (χ0) is 21.6. The van der Waals surface area contributed by atoms with E-state index in [0.29, 0.717) is 36.9 Å². The normalized spacial score (nSPS) is 19.2. The number of carbonyl (C=O) groups excluding carboxylic acids is 2. The SMILES string of the molecule is CCOC(=O)[C@H]1CCCN(C(=O)c2cnc(-c3ccccc3)nc2N2CCSCC2)C1. The highest BCUT2D eigenvalue weighted by atomic mass is 32.2. The van der Waals surface area contributed by atoms with Crippen molar-refractivity contribution in [2.45, 2.75) is 19.8 Å². The summed E-state index contributed by atoms with van der Waals surface area (Å²) in [6.45, 7) is 4.87. The fourth-order valence-corrected chi connectivity index (χ4v) is 4.95. The van der Waals surface area contributed by atoms with Crippen LogP contribution in [0.15, 0.2) is 36.5 Å². The molecule has 2 fully saturated rings. The molecule has 1 aromatic carbocycles. The largest absolute Gasteiger partial charge is 0.466 e. The van der Waals surface area contributed by atoms with Crippen LogP contribution in [-0.2, 0) is 9.53 Å². The fourth-order valence-electron chi connectivity index (χ4n) is 4.05. The molecule has 8 heteroatoms. The van der Waals surface area contributed by atoms with Gasteiger partial charge in [0, 0.05) is 49.4 Å². The summed E-state index contributed by atoms with van der Waals surface area (Å²) >= 11 is 1.91. The lowest BCUT2D eigenvalue weighted by Gasteiger charge is -2.33. The van der Waals surface area contributed by atoms with Crippen LogP contribution in [0.2, 0.25) is 0 Å². The number of thioether (sulfide) groups is 1. The van der Waals surface area contributed by atoms with E-state index in [1.54, 1.807) is 18.0 Å². The maximum absolute atomic E-state index is 13.5. The number of hydrogen-bond acceptors (Lipinski definition) is 7. The molecule has 7 nitrogen and oxygen atoms in total. The molecule has 0 saturated carbocycles. The minimum atomic E-state index is -0.267. The van der Waals surface area contributed by atoms with Crippen molar-refractivity contribution in [3.05, 3.63) is 42.1 Å². The van der Waals surface area contributed by atoms with Crippen LogP contribution in [0.25, 0.3) is 11.4 Å². The van der Waals surface area contributed by atoms with Crippen molar-refractivity contribution in [3.8, 4) is 11.4 Å². The van der Waals surface area contributed by atoms with Crippen molar-refractivity contribution >= 4 is 29.5 Å². The van der Waals surface area contributed by atoms with Gasteiger partial charge in [0.15, 0.2) is 5.82 Å². The van der Waals surface area contributed by atoms with Gasteiger partial charge in [0.1, 0.15) is 11.4 Å². The van der Waals surface area contributed by atoms with Crippen molar-refractivity contribution in [2.24, 2.45) is 5.92 Å². The van der Waals surface area contributed by atoms with E-state index < -0.39 is 0 Å². The van der Waals surface area contributed by atoms with Gasteiger partial charge in [-0.2, -0.15) is 11.8 Å². The topological polar surface area (TPSA) is 75.6 Å². The number of amides is 1. The third kappa shape index (κ3) is 5.01. The fraction of sp³-hybridized carbons (Fsp3) is 0.478. The van der Waals surface area contributed by atoms with Crippen LogP contribution in [0.5, 0.6) is 0 Å². The number of hydrogen-bond donors (Lipinski definition) is 0. The maximum Gasteiger partial charge on any atom is 0.310 e. The van der Waals surface area contributed by atoms with Gasteiger partial charge < -0.3 is 14.5 Å². The van der Waals surface area contributed by atoms with Gasteiger partial charge in [-0.15, -0.1) is 0 Å². The Balaban J connectivity index is 1.63. The van der Waals surface area contributed by atoms with Crippen LogP contribution < -0.4 is 4.90 Å². The summed E-state index contributed by atoms with van der Waals surface area (Å²) in [6.07, 6.45) is 3.19. The first-order valence-corrected chi connectivity index (χ1v) is 12.0. The highest BCUT2D eigenvalue weighted by molar-refractivity contribution is 7.99. The van der Waals surface area contributed by atoms with Gasteiger partial charge in [-0.1, -0.05) is 30.3 Å². The third-order valence-electron chi connectivity index (χ3n) is 5.67. The second kappa shape index (κ2) is 10.1. The molecule has 31 heavy (non-hydrogen) atoms. The second-order valence-electron chi connectivity index (χ2n) is 7.74. The predicted octanol–water partition coefficient (Wildman–Crippen LogP) is 3.11. The van der Waals surface area contributed by atoms with E-state index in [0.717, 1.165) is 43.0 Å². The van der Waals surface area contributed by atoms with E-state index in [1.165, 1.54) is 0 Å². The lowest BCUT2D eigenvalue weighted by atomic mass is 9.97. The zero-order valence-electron chi connectivity index (χ0n) is 17.8. The first-order valence-electron chi connectivity index (χ1n) is 10.9. The van der Waals surface area contributed by atoms with E-state index in [2.05, 4.69) is 9.88 Å². The smallest absolute Gasteiger partial charge is 0.310 e. The van der Waals surface area contributed by atoms with Crippen LogP contribution in [0.4, 0.5) is 5.82 Å². The first-order chi connectivity index (χ1) is 15.2. The Hall–Kier alpha value is -2.61. The molecule has 2 saturated heterocycles. The Morgan fingerprint density at radius 3 is 2.68 bits per heavy atom. The molecule has 0 N–H and O–H groups in total. The van der Waals surface area contributed by atoms with Crippen molar-refractivity contribution in [3.63, 3.8) is 0 Å². The molecule has 0 spiro atoms. The van der Waals surface area contributed by atoms with Gasteiger partial charge in [0.25, 0.3) is 5.91 Å². The van der Waals surface area contributed by atoms with E-state index in [-0.39, 0.29) is 17.8 Å².